The number of carbonyl (C=O) groups excluding carboxylic acids is 8. The van der Waals surface area contributed by atoms with Gasteiger partial charge in [0.05, 0.1) is 22.3 Å². The number of ether oxygens (including phenoxy) is 1. The molecule has 0 N–H and O–H groups in total. The number of imide groups is 2. The summed E-state index contributed by atoms with van der Waals surface area (Å²) in [4.78, 5) is 105. The maximum absolute atomic E-state index is 13.6. The Morgan fingerprint density at radius 3 is 1.29 bits per heavy atom. The number of ketones is 1. The number of fused-ring (bicyclic) bond motifs is 2. The van der Waals surface area contributed by atoms with E-state index in [1.54, 1.807) is 45.0 Å². The Hall–Kier alpha value is -5.20. The molecule has 0 atom stereocenters. The summed E-state index contributed by atoms with van der Waals surface area (Å²) in [6, 6.07) is 11.9. The minimum absolute atomic E-state index is 0.0799. The van der Waals surface area contributed by atoms with Crippen molar-refractivity contribution in [2.45, 2.75) is 33.3 Å². The van der Waals surface area contributed by atoms with E-state index in [2.05, 4.69) is 0 Å². The Morgan fingerprint density at radius 1 is 0.643 bits per heavy atom. The first kappa shape index (κ1) is 29.8. The molecule has 0 aliphatic carbocycles. The number of rotatable bonds is 8. The van der Waals surface area contributed by atoms with Crippen LogP contribution in [-0.2, 0) is 23.9 Å². The van der Waals surface area contributed by atoms with Crippen LogP contribution in [0.25, 0.3) is 0 Å². The van der Waals surface area contributed by atoms with Gasteiger partial charge in [-0.25, -0.2) is 10.0 Å². The lowest BCUT2D eigenvalue weighted by Gasteiger charge is -2.35. The third-order valence-electron chi connectivity index (χ3n) is 6.28. The quantitative estimate of drug-likeness (QED) is 0.255. The predicted octanol–water partition coefficient (Wildman–Crippen LogP) is 1.08. The lowest BCUT2D eigenvalue weighted by atomic mass is 10.1. The summed E-state index contributed by atoms with van der Waals surface area (Å²) in [5, 5.41) is 1.22. The third kappa shape index (κ3) is 5.94. The molecule has 0 saturated carbocycles. The first-order valence-electron chi connectivity index (χ1n) is 12.9. The molecule has 2 aromatic rings. The summed E-state index contributed by atoms with van der Waals surface area (Å²) < 4.78 is 5.30. The van der Waals surface area contributed by atoms with E-state index in [4.69, 9.17) is 4.74 Å². The van der Waals surface area contributed by atoms with Gasteiger partial charge in [-0.2, -0.15) is 0 Å². The smallest absolute Gasteiger partial charge is 0.328 e. The second-order valence-electron chi connectivity index (χ2n) is 10.7. The van der Waals surface area contributed by atoms with Crippen LogP contribution in [0.15, 0.2) is 48.5 Å². The largest absolute Gasteiger partial charge is 0.459 e. The number of carbonyl (C=O) groups is 8. The van der Waals surface area contributed by atoms with E-state index in [9.17, 15) is 38.4 Å². The van der Waals surface area contributed by atoms with Crippen LogP contribution in [-0.4, -0.2) is 98.8 Å². The number of hydrazine groups is 1. The normalized spacial score (nSPS) is 14.1. The molecular weight excluding hydrogens is 548 g/mol. The second-order valence-corrected chi connectivity index (χ2v) is 10.7. The van der Waals surface area contributed by atoms with Gasteiger partial charge in [-0.05, 0) is 52.0 Å². The maximum atomic E-state index is 13.6. The Morgan fingerprint density at radius 2 is 0.976 bits per heavy atom. The van der Waals surface area contributed by atoms with E-state index in [-0.39, 0.29) is 22.3 Å². The summed E-state index contributed by atoms with van der Waals surface area (Å²) in [7, 11) is 0. The highest BCUT2D eigenvalue weighted by molar-refractivity contribution is 6.23. The monoisotopic (exact) mass is 576 g/mol. The van der Waals surface area contributed by atoms with Gasteiger partial charge in [0, 0.05) is 0 Å². The van der Waals surface area contributed by atoms with Crippen molar-refractivity contribution < 1.29 is 43.1 Å². The van der Waals surface area contributed by atoms with Crippen LogP contribution in [0, 0.1) is 0 Å². The molecule has 2 aromatic carbocycles. The Labute approximate surface area is 240 Å². The van der Waals surface area contributed by atoms with Crippen molar-refractivity contribution in [2.75, 3.05) is 26.2 Å². The van der Waals surface area contributed by atoms with Crippen LogP contribution < -0.4 is 0 Å². The fraction of sp³-hybridized carbons (Fsp3) is 0.310. The van der Waals surface area contributed by atoms with Gasteiger partial charge >= 0.3 is 5.97 Å². The molecule has 2 aliphatic heterocycles. The molecule has 0 radical (unpaired) electrons. The lowest BCUT2D eigenvalue weighted by Crippen LogP contribution is -2.58. The van der Waals surface area contributed by atoms with Crippen molar-refractivity contribution in [2.24, 2.45) is 0 Å². The molecule has 13 nitrogen and oxygen atoms in total. The SMILES string of the molecule is CC(=O)CN(C(=O)CN1C(=O)c2ccccc2C1=O)N(CC(=O)OC(C)(C)C)C(=O)CN1C(=O)c2ccccc2C1=O. The van der Waals surface area contributed by atoms with Crippen LogP contribution in [0.2, 0.25) is 0 Å². The molecule has 0 unspecified atom stereocenters. The van der Waals surface area contributed by atoms with E-state index < -0.39 is 79.0 Å². The van der Waals surface area contributed by atoms with Crippen molar-refractivity contribution in [3.8, 4) is 0 Å². The second kappa shape index (κ2) is 11.4. The molecule has 2 aliphatic rings. The zero-order valence-electron chi connectivity index (χ0n) is 23.4. The number of amides is 6. The van der Waals surface area contributed by atoms with Gasteiger partial charge in [0.25, 0.3) is 35.4 Å². The van der Waals surface area contributed by atoms with Crippen molar-refractivity contribution in [3.05, 3.63) is 70.8 Å². The van der Waals surface area contributed by atoms with Gasteiger partial charge in [-0.3, -0.25) is 48.2 Å². The van der Waals surface area contributed by atoms with Gasteiger partial charge in [0.2, 0.25) is 0 Å². The van der Waals surface area contributed by atoms with Gasteiger partial charge in [-0.1, -0.05) is 24.3 Å². The molecule has 0 aromatic heterocycles. The number of benzene rings is 2. The summed E-state index contributed by atoms with van der Waals surface area (Å²) in [5.41, 5.74) is -0.654. The lowest BCUT2D eigenvalue weighted by molar-refractivity contribution is -0.175. The molecular formula is C29H28N4O9. The summed E-state index contributed by atoms with van der Waals surface area (Å²) >= 11 is 0. The third-order valence-corrected chi connectivity index (χ3v) is 6.28. The summed E-state index contributed by atoms with van der Waals surface area (Å²) in [6.45, 7) is 2.54. The summed E-state index contributed by atoms with van der Waals surface area (Å²) in [5.74, 6) is -6.67. The zero-order valence-corrected chi connectivity index (χ0v) is 23.4. The fourth-order valence-electron chi connectivity index (χ4n) is 4.52. The standard InChI is InChI=1S/C29H28N4O9/c1-17(34)13-32(22(35)14-30-25(38)18-9-5-6-10-19(18)26(30)39)33(16-24(37)42-29(2,3)4)23(36)15-31-27(40)20-11-7-8-12-21(20)28(31)41/h5-12H,13-16H2,1-4H3. The van der Waals surface area contributed by atoms with Crippen LogP contribution in [0.3, 0.4) is 0 Å². The van der Waals surface area contributed by atoms with E-state index in [1.165, 1.54) is 24.3 Å². The average Bonchev–Trinajstić information content (AvgIpc) is 3.30. The number of Topliss-reactive ketones (excluding diaryl/α,β-unsaturated/α-hetero) is 1. The van der Waals surface area contributed by atoms with Crippen molar-refractivity contribution in [1.82, 2.24) is 19.8 Å². The highest BCUT2D eigenvalue weighted by Crippen LogP contribution is 2.24. The number of hydrogen-bond donors (Lipinski definition) is 0. The minimum atomic E-state index is -1.06. The van der Waals surface area contributed by atoms with Crippen LogP contribution >= 0.6 is 0 Å². The number of nitrogens with zero attached hydrogens (tertiary/aromatic N) is 4. The van der Waals surface area contributed by atoms with E-state index in [0.29, 0.717) is 19.8 Å². The predicted molar refractivity (Wildman–Crippen MR) is 144 cm³/mol. The Bertz CT molecular complexity index is 1470. The Balaban J connectivity index is 1.64. The zero-order chi connectivity index (χ0) is 30.9. The first-order valence-corrected chi connectivity index (χ1v) is 12.9. The number of esters is 1. The van der Waals surface area contributed by atoms with Crippen molar-refractivity contribution in [1.29, 1.82) is 0 Å². The molecule has 0 saturated heterocycles. The molecule has 0 fully saturated rings. The van der Waals surface area contributed by atoms with Gasteiger partial charge in [0.1, 0.15) is 31.8 Å². The molecule has 13 heteroatoms. The van der Waals surface area contributed by atoms with Crippen LogP contribution in [0.1, 0.15) is 69.1 Å². The Kier molecular flexibility index (Phi) is 8.05. The van der Waals surface area contributed by atoms with E-state index in [0.717, 1.165) is 6.92 Å². The van der Waals surface area contributed by atoms with E-state index in [1.807, 2.05) is 0 Å². The van der Waals surface area contributed by atoms with Crippen LogP contribution in [0.4, 0.5) is 0 Å². The molecule has 2 heterocycles. The average molecular weight is 577 g/mol. The molecule has 218 valence electrons. The molecule has 4 rings (SSSR count). The maximum Gasteiger partial charge on any atom is 0.328 e. The van der Waals surface area contributed by atoms with Gasteiger partial charge in [0.15, 0.2) is 5.78 Å². The van der Waals surface area contributed by atoms with E-state index >= 15 is 0 Å². The van der Waals surface area contributed by atoms with Gasteiger partial charge in [-0.15, -0.1) is 0 Å². The molecule has 6 amide bonds. The summed E-state index contributed by atoms with van der Waals surface area (Å²) in [6.07, 6.45) is 0. The fourth-order valence-corrected chi connectivity index (χ4v) is 4.52. The molecule has 0 bridgehead atoms. The number of hydrogen-bond acceptors (Lipinski definition) is 9. The first-order chi connectivity index (χ1) is 19.7. The van der Waals surface area contributed by atoms with Crippen LogP contribution in [0.5, 0.6) is 0 Å². The highest BCUT2D eigenvalue weighted by Gasteiger charge is 2.41. The topological polar surface area (TPSA) is 159 Å². The van der Waals surface area contributed by atoms with Crippen molar-refractivity contribution >= 4 is 47.2 Å². The molecule has 42 heavy (non-hydrogen) atoms. The minimum Gasteiger partial charge on any atom is -0.459 e. The highest BCUT2D eigenvalue weighted by atomic mass is 16.6. The van der Waals surface area contributed by atoms with Gasteiger partial charge < -0.3 is 4.74 Å². The van der Waals surface area contributed by atoms with Crippen molar-refractivity contribution in [3.63, 3.8) is 0 Å². The molecule has 0 spiro atoms.